The smallest absolute Gasteiger partial charge is 0.109 e. The average Bonchev–Trinajstić information content (AvgIpc) is 2.46. The molecule has 2 rings (SSSR count). The first-order valence-electron chi connectivity index (χ1n) is 4.32. The van der Waals surface area contributed by atoms with Crippen molar-refractivity contribution in [2.24, 2.45) is 0 Å². The monoisotopic (exact) mass is 194 g/mol. The largest absolute Gasteiger partial charge is 0.342 e. The van der Waals surface area contributed by atoms with Gasteiger partial charge >= 0.3 is 0 Å². The van der Waals surface area contributed by atoms with Crippen LogP contribution in [0.4, 0.5) is 0 Å². The van der Waals surface area contributed by atoms with Crippen molar-refractivity contribution in [2.45, 2.75) is 19.8 Å². The zero-order valence-corrected chi connectivity index (χ0v) is 8.39. The van der Waals surface area contributed by atoms with Crippen LogP contribution in [-0.4, -0.2) is 9.97 Å². The highest BCUT2D eigenvalue weighted by atomic mass is 35.5. The predicted molar refractivity (Wildman–Crippen MR) is 55.2 cm³/mol. The second kappa shape index (κ2) is 3.04. The summed E-state index contributed by atoms with van der Waals surface area (Å²) in [4.78, 5) is 7.68. The van der Waals surface area contributed by atoms with Crippen LogP contribution in [0.5, 0.6) is 0 Å². The van der Waals surface area contributed by atoms with Crippen molar-refractivity contribution in [3.05, 3.63) is 29.0 Å². The third-order valence-corrected chi connectivity index (χ3v) is 2.24. The van der Waals surface area contributed by atoms with Crippen molar-refractivity contribution < 1.29 is 0 Å². The molecule has 2 nitrogen and oxygen atoms in total. The molecule has 0 bridgehead atoms. The molecule has 2 aromatic rings. The van der Waals surface area contributed by atoms with E-state index in [4.69, 9.17) is 11.6 Å². The van der Waals surface area contributed by atoms with Crippen LogP contribution >= 0.6 is 11.6 Å². The molecule has 0 aliphatic carbocycles. The Kier molecular flexibility index (Phi) is 2.00. The summed E-state index contributed by atoms with van der Waals surface area (Å²) in [6.45, 7) is 4.22. The van der Waals surface area contributed by atoms with E-state index in [2.05, 4.69) is 23.8 Å². The van der Waals surface area contributed by atoms with Crippen LogP contribution in [0, 0.1) is 0 Å². The number of hydrogen-bond acceptors (Lipinski definition) is 1. The second-order valence-corrected chi connectivity index (χ2v) is 3.87. The lowest BCUT2D eigenvalue weighted by Crippen LogP contribution is -1.88. The molecule has 0 aliphatic heterocycles. The summed E-state index contributed by atoms with van der Waals surface area (Å²) >= 11 is 5.86. The first kappa shape index (κ1) is 8.57. The minimum atomic E-state index is 0.422. The highest BCUT2D eigenvalue weighted by molar-refractivity contribution is 6.31. The number of rotatable bonds is 1. The summed E-state index contributed by atoms with van der Waals surface area (Å²) < 4.78 is 0. The van der Waals surface area contributed by atoms with Crippen molar-refractivity contribution in [1.29, 1.82) is 0 Å². The lowest BCUT2D eigenvalue weighted by molar-refractivity contribution is 0.799. The Bertz CT molecular complexity index is 431. The van der Waals surface area contributed by atoms with Crippen LogP contribution in [0.25, 0.3) is 11.0 Å². The maximum absolute atomic E-state index is 5.86. The summed E-state index contributed by atoms with van der Waals surface area (Å²) in [5, 5.41) is 0.742. The van der Waals surface area contributed by atoms with Gasteiger partial charge in [-0.2, -0.15) is 0 Å². The lowest BCUT2D eigenvalue weighted by atomic mass is 10.2. The van der Waals surface area contributed by atoms with Gasteiger partial charge in [-0.05, 0) is 18.2 Å². The van der Waals surface area contributed by atoms with Crippen molar-refractivity contribution in [3.63, 3.8) is 0 Å². The third-order valence-electron chi connectivity index (χ3n) is 2.01. The molecule has 0 unspecified atom stereocenters. The fourth-order valence-electron chi connectivity index (χ4n) is 1.28. The highest BCUT2D eigenvalue weighted by Gasteiger charge is 2.05. The van der Waals surface area contributed by atoms with E-state index in [9.17, 15) is 0 Å². The molecule has 0 saturated heterocycles. The van der Waals surface area contributed by atoms with E-state index in [-0.39, 0.29) is 0 Å². The van der Waals surface area contributed by atoms with Gasteiger partial charge in [0.1, 0.15) is 5.82 Å². The number of halogens is 1. The van der Waals surface area contributed by atoms with Gasteiger partial charge in [-0.15, -0.1) is 0 Å². The zero-order valence-electron chi connectivity index (χ0n) is 7.63. The molecule has 0 atom stereocenters. The molecule has 3 heteroatoms. The van der Waals surface area contributed by atoms with Crippen molar-refractivity contribution in [1.82, 2.24) is 9.97 Å². The summed E-state index contributed by atoms with van der Waals surface area (Å²) in [5.41, 5.74) is 1.99. The zero-order chi connectivity index (χ0) is 9.42. The first-order chi connectivity index (χ1) is 6.16. The number of aromatic amines is 1. The quantitative estimate of drug-likeness (QED) is 0.741. The fourth-order valence-corrected chi connectivity index (χ4v) is 1.45. The van der Waals surface area contributed by atoms with Gasteiger partial charge in [0.15, 0.2) is 0 Å². The van der Waals surface area contributed by atoms with Gasteiger partial charge < -0.3 is 4.98 Å². The van der Waals surface area contributed by atoms with Gasteiger partial charge in [-0.3, -0.25) is 0 Å². The maximum Gasteiger partial charge on any atom is 0.109 e. The highest BCUT2D eigenvalue weighted by Crippen LogP contribution is 2.20. The number of nitrogens with one attached hydrogen (secondary N) is 1. The number of hydrogen-bond donors (Lipinski definition) is 1. The van der Waals surface area contributed by atoms with Crippen LogP contribution < -0.4 is 0 Å². The van der Waals surface area contributed by atoms with Gasteiger partial charge in [0.2, 0.25) is 0 Å². The van der Waals surface area contributed by atoms with E-state index >= 15 is 0 Å². The number of fused-ring (bicyclic) bond motifs is 1. The van der Waals surface area contributed by atoms with Gasteiger partial charge in [0.25, 0.3) is 0 Å². The van der Waals surface area contributed by atoms with Crippen molar-refractivity contribution in [2.75, 3.05) is 0 Å². The Balaban J connectivity index is 2.62. The third kappa shape index (κ3) is 1.54. The number of imidazole rings is 1. The normalized spacial score (nSPS) is 11.4. The summed E-state index contributed by atoms with van der Waals surface area (Å²) in [6, 6.07) is 5.69. The van der Waals surface area contributed by atoms with Crippen LogP contribution in [0.1, 0.15) is 25.6 Å². The molecule has 1 aromatic heterocycles. The first-order valence-corrected chi connectivity index (χ1v) is 4.70. The summed E-state index contributed by atoms with van der Waals surface area (Å²) in [7, 11) is 0. The molecule has 68 valence electrons. The van der Waals surface area contributed by atoms with E-state index in [1.165, 1.54) is 0 Å². The van der Waals surface area contributed by atoms with E-state index in [1.807, 2.05) is 18.2 Å². The Morgan fingerprint density at radius 1 is 1.38 bits per heavy atom. The van der Waals surface area contributed by atoms with Gasteiger partial charge in [0, 0.05) is 10.9 Å². The molecule has 0 amide bonds. The van der Waals surface area contributed by atoms with E-state index in [0.29, 0.717) is 5.92 Å². The molecular weight excluding hydrogens is 184 g/mol. The van der Waals surface area contributed by atoms with Crippen molar-refractivity contribution in [3.8, 4) is 0 Å². The minimum absolute atomic E-state index is 0.422. The summed E-state index contributed by atoms with van der Waals surface area (Å²) in [5.74, 6) is 1.43. The Morgan fingerprint density at radius 3 is 2.85 bits per heavy atom. The molecule has 0 fully saturated rings. The molecule has 1 heterocycles. The summed E-state index contributed by atoms with van der Waals surface area (Å²) in [6.07, 6.45) is 0. The molecule has 0 radical (unpaired) electrons. The Hall–Kier alpha value is -1.02. The van der Waals surface area contributed by atoms with E-state index in [0.717, 1.165) is 21.9 Å². The molecule has 0 aliphatic rings. The number of nitrogens with zero attached hydrogens (tertiary/aromatic N) is 1. The minimum Gasteiger partial charge on any atom is -0.342 e. The molecule has 0 saturated carbocycles. The van der Waals surface area contributed by atoms with Crippen LogP contribution in [0.15, 0.2) is 18.2 Å². The number of aromatic nitrogens is 2. The maximum atomic E-state index is 5.86. The molecular formula is C10H11ClN2. The van der Waals surface area contributed by atoms with E-state index < -0.39 is 0 Å². The predicted octanol–water partition coefficient (Wildman–Crippen LogP) is 3.34. The van der Waals surface area contributed by atoms with Crippen LogP contribution in [0.3, 0.4) is 0 Å². The number of H-pyrrole nitrogens is 1. The topological polar surface area (TPSA) is 28.7 Å². The second-order valence-electron chi connectivity index (χ2n) is 3.44. The Morgan fingerprint density at radius 2 is 2.15 bits per heavy atom. The molecule has 0 spiro atoms. The van der Waals surface area contributed by atoms with Crippen LogP contribution in [-0.2, 0) is 0 Å². The fraction of sp³-hybridized carbons (Fsp3) is 0.300. The van der Waals surface area contributed by atoms with Gasteiger partial charge in [0.05, 0.1) is 11.0 Å². The van der Waals surface area contributed by atoms with Crippen molar-refractivity contribution >= 4 is 22.6 Å². The Labute approximate surface area is 81.9 Å². The van der Waals surface area contributed by atoms with Gasteiger partial charge in [-0.25, -0.2) is 4.98 Å². The number of benzene rings is 1. The van der Waals surface area contributed by atoms with E-state index in [1.54, 1.807) is 0 Å². The standard InChI is InChI=1S/C10H11ClN2/c1-6(2)10-12-8-4-3-7(11)5-9(8)13-10/h3-6H,1-2H3,(H,12,13). The molecule has 13 heavy (non-hydrogen) atoms. The lowest BCUT2D eigenvalue weighted by Gasteiger charge is -1.95. The molecule has 1 aromatic carbocycles. The van der Waals surface area contributed by atoms with Gasteiger partial charge in [-0.1, -0.05) is 25.4 Å². The van der Waals surface area contributed by atoms with Crippen LogP contribution in [0.2, 0.25) is 5.02 Å². The average molecular weight is 195 g/mol. The molecule has 1 N–H and O–H groups in total. The SMILES string of the molecule is CC(C)c1nc2ccc(Cl)cc2[nH]1.